The Bertz CT molecular complexity index is 423. The van der Waals surface area contributed by atoms with E-state index in [-0.39, 0.29) is 0 Å². The lowest BCUT2D eigenvalue weighted by Crippen LogP contribution is -2.36. The number of hydrazine groups is 1. The van der Waals surface area contributed by atoms with E-state index in [9.17, 15) is 0 Å². The number of aliphatic imine (C=N–C) groups is 1. The quantitative estimate of drug-likeness (QED) is 0.246. The van der Waals surface area contributed by atoms with Crippen molar-refractivity contribution in [2.75, 3.05) is 25.1 Å². The van der Waals surface area contributed by atoms with Crippen molar-refractivity contribution < 1.29 is 4.74 Å². The van der Waals surface area contributed by atoms with Crippen molar-refractivity contribution in [3.63, 3.8) is 0 Å². The molecule has 0 amide bonds. The maximum Gasteiger partial charge on any atom is 0.210 e. The molecule has 0 aliphatic heterocycles. The molecule has 0 atom stereocenters. The van der Waals surface area contributed by atoms with Gasteiger partial charge in [0.2, 0.25) is 5.96 Å². The Labute approximate surface area is 122 Å². The monoisotopic (exact) mass is 328 g/mol. The Morgan fingerprint density at radius 1 is 1.47 bits per heavy atom. The van der Waals surface area contributed by atoms with Crippen LogP contribution in [0.1, 0.15) is 18.9 Å². The number of hydrogen-bond acceptors (Lipinski definition) is 3. The summed E-state index contributed by atoms with van der Waals surface area (Å²) in [6.45, 7) is 6.13. The molecule has 0 spiro atoms. The van der Waals surface area contributed by atoms with Gasteiger partial charge in [-0.05, 0) is 53.9 Å². The summed E-state index contributed by atoms with van der Waals surface area (Å²) < 4.78 is 6.23. The average Bonchev–Trinajstić information content (AvgIpc) is 2.39. The molecular weight excluding hydrogens is 308 g/mol. The molecule has 0 unspecified atom stereocenters. The second-order valence-electron chi connectivity index (χ2n) is 4.03. The summed E-state index contributed by atoms with van der Waals surface area (Å²) in [5.74, 6) is 5.99. The molecule has 1 rings (SSSR count). The van der Waals surface area contributed by atoms with Crippen LogP contribution >= 0.6 is 15.9 Å². The van der Waals surface area contributed by atoms with Crippen LogP contribution in [0.3, 0.4) is 0 Å². The van der Waals surface area contributed by atoms with E-state index in [1.165, 1.54) is 5.56 Å². The number of guanidine groups is 1. The van der Waals surface area contributed by atoms with Gasteiger partial charge < -0.3 is 10.1 Å². The molecule has 0 saturated heterocycles. The number of nitrogens with one attached hydrogen (secondary N) is 2. The molecule has 0 bridgehead atoms. The van der Waals surface area contributed by atoms with Gasteiger partial charge in [-0.15, -0.1) is 0 Å². The Hall–Kier alpha value is -1.11. The van der Waals surface area contributed by atoms with Crippen LogP contribution in [0.2, 0.25) is 0 Å². The van der Waals surface area contributed by atoms with Crippen LogP contribution in [-0.4, -0.2) is 25.7 Å². The molecule has 6 heteroatoms. The molecule has 0 radical (unpaired) electrons. The van der Waals surface area contributed by atoms with Crippen LogP contribution in [0.15, 0.2) is 27.7 Å². The predicted molar refractivity (Wildman–Crippen MR) is 83.2 cm³/mol. The number of halogens is 1. The Kier molecular flexibility index (Phi) is 7.47. The van der Waals surface area contributed by atoms with Gasteiger partial charge in [0.15, 0.2) is 0 Å². The zero-order valence-electron chi connectivity index (χ0n) is 11.4. The summed E-state index contributed by atoms with van der Waals surface area (Å²) in [6.07, 6.45) is 0.871. The molecule has 4 N–H and O–H groups in total. The number of nitrogens with two attached hydrogens (primary N) is 1. The lowest BCUT2D eigenvalue weighted by atomic mass is 10.2. The molecule has 5 nitrogen and oxygen atoms in total. The molecule has 19 heavy (non-hydrogen) atoms. The highest BCUT2D eigenvalue weighted by molar-refractivity contribution is 9.10. The van der Waals surface area contributed by atoms with Crippen molar-refractivity contribution in [1.29, 1.82) is 0 Å². The Balaban J connectivity index is 2.53. The number of hydrogen-bond donors (Lipinski definition) is 3. The maximum atomic E-state index is 5.45. The molecule has 106 valence electrons. The van der Waals surface area contributed by atoms with E-state index < -0.39 is 0 Å². The molecule has 0 aliphatic rings. The third-order valence-corrected chi connectivity index (χ3v) is 3.09. The van der Waals surface area contributed by atoms with Gasteiger partial charge in [-0.2, -0.15) is 0 Å². The maximum absolute atomic E-state index is 5.45. The van der Waals surface area contributed by atoms with Gasteiger partial charge in [-0.3, -0.25) is 10.4 Å². The lowest BCUT2D eigenvalue weighted by molar-refractivity contribution is 0.146. The van der Waals surface area contributed by atoms with Crippen molar-refractivity contribution in [3.8, 4) is 0 Å². The minimum absolute atomic E-state index is 0.543. The first-order valence-electron chi connectivity index (χ1n) is 6.29. The molecule has 1 aromatic carbocycles. The topological polar surface area (TPSA) is 71.7 Å². The lowest BCUT2D eigenvalue weighted by Gasteiger charge is -2.11. The fourth-order valence-corrected chi connectivity index (χ4v) is 2.06. The average molecular weight is 329 g/mol. The highest BCUT2D eigenvalue weighted by atomic mass is 79.9. The molecule has 0 aromatic heterocycles. The van der Waals surface area contributed by atoms with E-state index >= 15 is 0 Å². The minimum Gasteiger partial charge on any atom is -0.382 e. The molecule has 0 fully saturated rings. The molecule has 1 aromatic rings. The van der Waals surface area contributed by atoms with E-state index in [1.807, 2.05) is 32.0 Å². The van der Waals surface area contributed by atoms with E-state index in [1.54, 1.807) is 0 Å². The number of aryl methyl sites for hydroxylation is 1. The summed E-state index contributed by atoms with van der Waals surface area (Å²) in [6, 6.07) is 6.04. The highest BCUT2D eigenvalue weighted by Crippen LogP contribution is 2.23. The standard InChI is InChI=1S/C13H21BrN4O/c1-3-19-8-4-7-16-13(18-15)17-12-6-5-10(2)9-11(12)14/h5-6,9H,3-4,7-8,15H2,1-2H3,(H2,16,17,18). The SMILES string of the molecule is CCOCCCN=C(NN)Nc1ccc(C)cc1Br. The fraction of sp³-hybridized carbons (Fsp3) is 0.462. The fourth-order valence-electron chi connectivity index (χ4n) is 1.47. The number of anilines is 1. The third kappa shape index (κ3) is 6.04. The van der Waals surface area contributed by atoms with Gasteiger partial charge in [0, 0.05) is 24.2 Å². The third-order valence-electron chi connectivity index (χ3n) is 2.44. The highest BCUT2D eigenvalue weighted by Gasteiger charge is 2.02. The number of benzene rings is 1. The van der Waals surface area contributed by atoms with Crippen LogP contribution in [0.5, 0.6) is 0 Å². The van der Waals surface area contributed by atoms with Gasteiger partial charge in [0.05, 0.1) is 5.69 Å². The zero-order chi connectivity index (χ0) is 14.1. The zero-order valence-corrected chi connectivity index (χ0v) is 13.0. The van der Waals surface area contributed by atoms with Gasteiger partial charge in [0.1, 0.15) is 0 Å². The molecule has 0 heterocycles. The summed E-state index contributed by atoms with van der Waals surface area (Å²) in [5, 5.41) is 3.14. The van der Waals surface area contributed by atoms with Crippen molar-refractivity contribution in [2.45, 2.75) is 20.3 Å². The first kappa shape index (κ1) is 15.9. The van der Waals surface area contributed by atoms with Gasteiger partial charge in [-0.25, -0.2) is 5.84 Å². The van der Waals surface area contributed by atoms with Crippen molar-refractivity contribution in [1.82, 2.24) is 5.43 Å². The van der Waals surface area contributed by atoms with E-state index in [0.29, 0.717) is 19.1 Å². The van der Waals surface area contributed by atoms with Crippen LogP contribution in [0, 0.1) is 6.92 Å². The minimum atomic E-state index is 0.543. The normalized spacial score (nSPS) is 11.5. The molecular formula is C13H21BrN4O. The first-order chi connectivity index (χ1) is 9.17. The summed E-state index contributed by atoms with van der Waals surface area (Å²) in [4.78, 5) is 4.34. The van der Waals surface area contributed by atoms with Crippen molar-refractivity contribution in [3.05, 3.63) is 28.2 Å². The number of nitrogens with zero attached hydrogens (tertiary/aromatic N) is 1. The van der Waals surface area contributed by atoms with Gasteiger partial charge >= 0.3 is 0 Å². The second-order valence-corrected chi connectivity index (χ2v) is 4.89. The summed E-state index contributed by atoms with van der Waals surface area (Å²) in [5.41, 5.74) is 4.67. The molecule has 0 aliphatic carbocycles. The van der Waals surface area contributed by atoms with Crippen LogP contribution in [-0.2, 0) is 4.74 Å². The Morgan fingerprint density at radius 3 is 2.89 bits per heavy atom. The van der Waals surface area contributed by atoms with Crippen molar-refractivity contribution in [2.24, 2.45) is 10.8 Å². The van der Waals surface area contributed by atoms with Crippen LogP contribution in [0.4, 0.5) is 5.69 Å². The van der Waals surface area contributed by atoms with E-state index in [4.69, 9.17) is 10.6 Å². The number of rotatable bonds is 6. The van der Waals surface area contributed by atoms with Crippen LogP contribution < -0.4 is 16.6 Å². The number of ether oxygens (including phenoxy) is 1. The van der Waals surface area contributed by atoms with Gasteiger partial charge in [-0.1, -0.05) is 6.07 Å². The van der Waals surface area contributed by atoms with Crippen molar-refractivity contribution >= 4 is 27.6 Å². The van der Waals surface area contributed by atoms with E-state index in [0.717, 1.165) is 23.2 Å². The molecule has 0 saturated carbocycles. The first-order valence-corrected chi connectivity index (χ1v) is 7.08. The summed E-state index contributed by atoms with van der Waals surface area (Å²) in [7, 11) is 0. The smallest absolute Gasteiger partial charge is 0.210 e. The van der Waals surface area contributed by atoms with Crippen LogP contribution in [0.25, 0.3) is 0 Å². The van der Waals surface area contributed by atoms with E-state index in [2.05, 4.69) is 31.7 Å². The summed E-state index contributed by atoms with van der Waals surface area (Å²) >= 11 is 3.50. The second kappa shape index (κ2) is 8.90. The largest absolute Gasteiger partial charge is 0.382 e. The Morgan fingerprint density at radius 2 is 2.26 bits per heavy atom. The predicted octanol–water partition coefficient (Wildman–Crippen LogP) is 2.42. The van der Waals surface area contributed by atoms with Gasteiger partial charge in [0.25, 0.3) is 0 Å².